The van der Waals surface area contributed by atoms with Crippen LogP contribution < -0.4 is 5.73 Å². The lowest BCUT2D eigenvalue weighted by atomic mass is 9.77. The molecule has 0 aliphatic heterocycles. The van der Waals surface area contributed by atoms with Crippen molar-refractivity contribution in [3.63, 3.8) is 0 Å². The van der Waals surface area contributed by atoms with Gasteiger partial charge in [0.1, 0.15) is 9.84 Å². The second-order valence-corrected chi connectivity index (χ2v) is 7.14. The van der Waals surface area contributed by atoms with E-state index >= 15 is 0 Å². The van der Waals surface area contributed by atoms with E-state index < -0.39 is 15.9 Å². The Morgan fingerprint density at radius 1 is 1.35 bits per heavy atom. The molecule has 0 heterocycles. The van der Waals surface area contributed by atoms with Crippen LogP contribution in [-0.4, -0.2) is 20.4 Å². The van der Waals surface area contributed by atoms with E-state index in [1.54, 1.807) is 0 Å². The number of benzene rings is 1. The van der Waals surface area contributed by atoms with E-state index in [0.29, 0.717) is 5.92 Å². The molecule has 0 spiro atoms. The van der Waals surface area contributed by atoms with Crippen LogP contribution >= 0.6 is 0 Å². The molecule has 0 radical (unpaired) electrons. The Morgan fingerprint density at radius 3 is 2.53 bits per heavy atom. The highest BCUT2D eigenvalue weighted by Gasteiger charge is 2.24. The van der Waals surface area contributed by atoms with Gasteiger partial charge in [-0.3, -0.25) is 0 Å². The van der Waals surface area contributed by atoms with Crippen LogP contribution in [0.15, 0.2) is 24.3 Å². The van der Waals surface area contributed by atoms with Crippen molar-refractivity contribution in [2.45, 2.75) is 31.2 Å². The third-order valence-corrected chi connectivity index (χ3v) is 4.39. The summed E-state index contributed by atoms with van der Waals surface area (Å²) in [6.07, 6.45) is 4.89. The van der Waals surface area contributed by atoms with Crippen LogP contribution in [-0.2, 0) is 9.84 Å². The maximum absolute atomic E-state index is 11.3. The molecule has 0 saturated heterocycles. The molecular formula is C13H19NO2S. The van der Waals surface area contributed by atoms with Crippen LogP contribution in [0, 0.1) is 0 Å². The first-order valence-electron chi connectivity index (χ1n) is 5.99. The lowest BCUT2D eigenvalue weighted by Crippen LogP contribution is -2.23. The highest BCUT2D eigenvalue weighted by molar-refractivity contribution is 7.90. The molecule has 17 heavy (non-hydrogen) atoms. The monoisotopic (exact) mass is 253 g/mol. The normalized spacial score (nSPS) is 18.7. The van der Waals surface area contributed by atoms with Crippen LogP contribution in [0.3, 0.4) is 0 Å². The minimum atomic E-state index is -3.03. The number of nitrogens with two attached hydrogens (primary N) is 1. The van der Waals surface area contributed by atoms with Crippen molar-refractivity contribution in [1.29, 1.82) is 0 Å². The highest BCUT2D eigenvalue weighted by atomic mass is 32.2. The Kier molecular flexibility index (Phi) is 3.54. The smallest absolute Gasteiger partial charge is 0.149 e. The molecule has 94 valence electrons. The van der Waals surface area contributed by atoms with E-state index in [-0.39, 0.29) is 5.75 Å². The average Bonchev–Trinajstić information content (AvgIpc) is 2.13. The van der Waals surface area contributed by atoms with E-state index in [1.165, 1.54) is 31.1 Å². The van der Waals surface area contributed by atoms with Gasteiger partial charge in [0, 0.05) is 12.3 Å². The first-order valence-corrected chi connectivity index (χ1v) is 8.05. The maximum Gasteiger partial charge on any atom is 0.149 e. The molecule has 0 bridgehead atoms. The quantitative estimate of drug-likeness (QED) is 0.892. The van der Waals surface area contributed by atoms with Crippen LogP contribution in [0.5, 0.6) is 0 Å². The van der Waals surface area contributed by atoms with E-state index in [4.69, 9.17) is 5.73 Å². The molecule has 0 aromatic heterocycles. The van der Waals surface area contributed by atoms with Gasteiger partial charge in [-0.2, -0.15) is 0 Å². The maximum atomic E-state index is 11.3. The van der Waals surface area contributed by atoms with Crippen LogP contribution in [0.25, 0.3) is 0 Å². The summed E-state index contributed by atoms with van der Waals surface area (Å²) in [7, 11) is -3.03. The molecule has 0 amide bonds. The predicted octanol–water partition coefficient (Wildman–Crippen LogP) is 2.00. The van der Waals surface area contributed by atoms with Gasteiger partial charge in [-0.1, -0.05) is 30.7 Å². The molecule has 2 N–H and O–H groups in total. The molecule has 1 aliphatic rings. The van der Waals surface area contributed by atoms with Crippen LogP contribution in [0.1, 0.15) is 42.3 Å². The van der Waals surface area contributed by atoms with E-state index in [0.717, 1.165) is 5.56 Å². The summed E-state index contributed by atoms with van der Waals surface area (Å²) in [6.45, 7) is 0. The Labute approximate surface area is 103 Å². The minimum absolute atomic E-state index is 0.0245. The number of rotatable bonds is 4. The van der Waals surface area contributed by atoms with Crippen molar-refractivity contribution >= 4 is 9.84 Å². The summed E-state index contributed by atoms with van der Waals surface area (Å²) in [5, 5.41) is 0. The molecule has 3 nitrogen and oxygen atoms in total. The minimum Gasteiger partial charge on any atom is -0.323 e. The third kappa shape index (κ3) is 3.07. The lowest BCUT2D eigenvalue weighted by molar-refractivity contribution is 0.416. The zero-order chi connectivity index (χ0) is 12.5. The fourth-order valence-electron chi connectivity index (χ4n) is 2.36. The molecule has 1 aromatic rings. The molecular weight excluding hydrogens is 234 g/mol. The molecule has 1 unspecified atom stereocenters. The zero-order valence-electron chi connectivity index (χ0n) is 10.1. The lowest BCUT2D eigenvalue weighted by Gasteiger charge is -2.29. The molecule has 4 heteroatoms. The summed E-state index contributed by atoms with van der Waals surface area (Å²) in [5.74, 6) is 0.605. The van der Waals surface area contributed by atoms with Crippen molar-refractivity contribution < 1.29 is 8.42 Å². The summed E-state index contributed by atoms with van der Waals surface area (Å²) in [5.41, 5.74) is 8.27. The second kappa shape index (κ2) is 4.78. The van der Waals surface area contributed by atoms with Gasteiger partial charge in [0.2, 0.25) is 0 Å². The van der Waals surface area contributed by atoms with E-state index in [2.05, 4.69) is 6.07 Å². The first kappa shape index (κ1) is 12.6. The average molecular weight is 253 g/mol. The predicted molar refractivity (Wildman–Crippen MR) is 69.7 cm³/mol. The SMILES string of the molecule is CS(=O)(=O)CC(N)c1ccccc1C1CCC1. The largest absolute Gasteiger partial charge is 0.323 e. The molecule has 1 atom stereocenters. The Morgan fingerprint density at radius 2 is 2.00 bits per heavy atom. The van der Waals surface area contributed by atoms with E-state index in [9.17, 15) is 8.42 Å². The number of sulfone groups is 1. The van der Waals surface area contributed by atoms with Gasteiger partial charge in [-0.25, -0.2) is 8.42 Å². The topological polar surface area (TPSA) is 60.2 Å². The van der Waals surface area contributed by atoms with Crippen molar-refractivity contribution in [3.05, 3.63) is 35.4 Å². The fraction of sp³-hybridized carbons (Fsp3) is 0.538. The summed E-state index contributed by atoms with van der Waals surface area (Å²) >= 11 is 0. The van der Waals surface area contributed by atoms with Crippen LogP contribution in [0.2, 0.25) is 0 Å². The van der Waals surface area contributed by atoms with Gasteiger partial charge in [-0.05, 0) is 29.9 Å². The van der Waals surface area contributed by atoms with Gasteiger partial charge in [-0.15, -0.1) is 0 Å². The number of hydrogen-bond donors (Lipinski definition) is 1. The summed E-state index contributed by atoms with van der Waals surface area (Å²) < 4.78 is 22.6. The van der Waals surface area contributed by atoms with Crippen molar-refractivity contribution in [2.24, 2.45) is 5.73 Å². The van der Waals surface area contributed by atoms with Gasteiger partial charge >= 0.3 is 0 Å². The standard InChI is InChI=1S/C13H19NO2S/c1-17(15,16)9-13(14)12-8-3-2-7-11(12)10-5-4-6-10/h2-3,7-8,10,13H,4-6,9,14H2,1H3. The zero-order valence-corrected chi connectivity index (χ0v) is 10.9. The number of hydrogen-bond acceptors (Lipinski definition) is 3. The van der Waals surface area contributed by atoms with E-state index in [1.807, 2.05) is 18.2 Å². The summed E-state index contributed by atoms with van der Waals surface area (Å²) in [6, 6.07) is 7.58. The van der Waals surface area contributed by atoms with Gasteiger partial charge in [0.15, 0.2) is 0 Å². The van der Waals surface area contributed by atoms with Crippen molar-refractivity contribution in [2.75, 3.05) is 12.0 Å². The summed E-state index contributed by atoms with van der Waals surface area (Å²) in [4.78, 5) is 0. The second-order valence-electron chi connectivity index (χ2n) is 4.96. The van der Waals surface area contributed by atoms with Gasteiger partial charge in [0.25, 0.3) is 0 Å². The highest BCUT2D eigenvalue weighted by Crippen LogP contribution is 2.39. The fourth-order valence-corrected chi connectivity index (χ4v) is 3.19. The first-order chi connectivity index (χ1) is 7.97. The molecule has 1 saturated carbocycles. The molecule has 1 aromatic carbocycles. The van der Waals surface area contributed by atoms with Crippen molar-refractivity contribution in [3.8, 4) is 0 Å². The molecule has 2 rings (SSSR count). The molecule has 1 fully saturated rings. The Balaban J connectivity index is 2.24. The van der Waals surface area contributed by atoms with Crippen LogP contribution in [0.4, 0.5) is 0 Å². The Bertz CT molecular complexity index is 492. The van der Waals surface area contributed by atoms with Crippen molar-refractivity contribution in [1.82, 2.24) is 0 Å². The van der Waals surface area contributed by atoms with Gasteiger partial charge in [0.05, 0.1) is 5.75 Å². The Hall–Kier alpha value is -0.870. The third-order valence-electron chi connectivity index (χ3n) is 3.42. The molecule has 1 aliphatic carbocycles. The van der Waals surface area contributed by atoms with Gasteiger partial charge < -0.3 is 5.73 Å².